The van der Waals surface area contributed by atoms with Crippen LogP contribution in [0.25, 0.3) is 0 Å². The van der Waals surface area contributed by atoms with E-state index < -0.39 is 6.10 Å². The van der Waals surface area contributed by atoms with Gasteiger partial charge in [-0.3, -0.25) is 0 Å². The van der Waals surface area contributed by atoms with Crippen molar-refractivity contribution in [3.63, 3.8) is 0 Å². The third-order valence-electron chi connectivity index (χ3n) is 3.13. The van der Waals surface area contributed by atoms with Crippen LogP contribution in [0.3, 0.4) is 0 Å². The van der Waals surface area contributed by atoms with E-state index in [2.05, 4.69) is 5.32 Å². The van der Waals surface area contributed by atoms with E-state index in [0.29, 0.717) is 13.2 Å². The Kier molecular flexibility index (Phi) is 5.68. The third-order valence-corrected chi connectivity index (χ3v) is 3.13. The van der Waals surface area contributed by atoms with Gasteiger partial charge in [-0.25, -0.2) is 0 Å². The van der Waals surface area contributed by atoms with Crippen molar-refractivity contribution in [1.82, 2.24) is 0 Å². The van der Waals surface area contributed by atoms with Crippen molar-refractivity contribution >= 4 is 5.69 Å². The molecular formula is C16H25NO3. The lowest BCUT2D eigenvalue weighted by molar-refractivity contribution is 0.0386. The number of benzene rings is 1. The summed E-state index contributed by atoms with van der Waals surface area (Å²) in [5, 5.41) is 13.0. The molecule has 2 rings (SSSR count). The number of anilines is 1. The van der Waals surface area contributed by atoms with Gasteiger partial charge in [0, 0.05) is 18.8 Å². The molecule has 112 valence electrons. The number of rotatable bonds is 9. The number of nitrogens with one attached hydrogen (secondary N) is 1. The second-order valence-electron chi connectivity index (χ2n) is 5.71. The minimum absolute atomic E-state index is 0.180. The fraction of sp³-hybridized carbons (Fsp3) is 0.625. The lowest BCUT2D eigenvalue weighted by atomic mass is 10.3. The van der Waals surface area contributed by atoms with Gasteiger partial charge in [-0.05, 0) is 56.9 Å². The van der Waals surface area contributed by atoms with Gasteiger partial charge in [0.25, 0.3) is 0 Å². The molecular weight excluding hydrogens is 254 g/mol. The lowest BCUT2D eigenvalue weighted by Gasteiger charge is -2.14. The highest BCUT2D eigenvalue weighted by Crippen LogP contribution is 2.28. The Morgan fingerprint density at radius 1 is 1.25 bits per heavy atom. The summed E-state index contributed by atoms with van der Waals surface area (Å²) in [5.74, 6) is 1.60. The van der Waals surface area contributed by atoms with Crippen molar-refractivity contribution in [2.24, 2.45) is 5.92 Å². The van der Waals surface area contributed by atoms with E-state index in [0.717, 1.165) is 24.0 Å². The number of hydrogen-bond donors (Lipinski definition) is 2. The molecule has 1 atom stereocenters. The Hall–Kier alpha value is -1.26. The van der Waals surface area contributed by atoms with Crippen molar-refractivity contribution < 1.29 is 14.6 Å². The Morgan fingerprint density at radius 2 is 1.95 bits per heavy atom. The van der Waals surface area contributed by atoms with Crippen LogP contribution in [0.4, 0.5) is 5.69 Å². The van der Waals surface area contributed by atoms with Crippen LogP contribution in [-0.4, -0.2) is 37.1 Å². The molecule has 0 bridgehead atoms. The van der Waals surface area contributed by atoms with Gasteiger partial charge in [0.15, 0.2) is 0 Å². The molecule has 1 aromatic rings. The fourth-order valence-electron chi connectivity index (χ4n) is 1.87. The smallest absolute Gasteiger partial charge is 0.119 e. The highest BCUT2D eigenvalue weighted by atomic mass is 16.5. The van der Waals surface area contributed by atoms with Crippen LogP contribution in [0.5, 0.6) is 5.75 Å². The lowest BCUT2D eigenvalue weighted by Crippen LogP contribution is -2.25. The van der Waals surface area contributed by atoms with Crippen molar-refractivity contribution in [2.75, 3.05) is 25.1 Å². The summed E-state index contributed by atoms with van der Waals surface area (Å²) >= 11 is 0. The fourth-order valence-corrected chi connectivity index (χ4v) is 1.87. The molecule has 4 heteroatoms. The third kappa shape index (κ3) is 5.80. The van der Waals surface area contributed by atoms with Gasteiger partial charge in [-0.15, -0.1) is 0 Å². The van der Waals surface area contributed by atoms with Gasteiger partial charge in [0.1, 0.15) is 5.75 Å². The quantitative estimate of drug-likeness (QED) is 0.729. The molecule has 1 aliphatic rings. The second-order valence-corrected chi connectivity index (χ2v) is 5.71. The first-order valence-electron chi connectivity index (χ1n) is 7.40. The van der Waals surface area contributed by atoms with Crippen LogP contribution in [0.15, 0.2) is 24.3 Å². The van der Waals surface area contributed by atoms with Crippen LogP contribution in [0.1, 0.15) is 26.7 Å². The first-order valence-corrected chi connectivity index (χ1v) is 7.40. The highest BCUT2D eigenvalue weighted by Gasteiger charge is 2.21. The van der Waals surface area contributed by atoms with Gasteiger partial charge in [-0.1, -0.05) is 0 Å². The molecule has 0 saturated heterocycles. The topological polar surface area (TPSA) is 50.7 Å². The van der Waals surface area contributed by atoms with Crippen LogP contribution in [-0.2, 0) is 4.74 Å². The molecule has 20 heavy (non-hydrogen) atoms. The Bertz CT molecular complexity index is 387. The van der Waals surface area contributed by atoms with Crippen LogP contribution in [0, 0.1) is 5.92 Å². The van der Waals surface area contributed by atoms with E-state index in [1.54, 1.807) is 0 Å². The summed E-state index contributed by atoms with van der Waals surface area (Å²) in [7, 11) is 0. The van der Waals surface area contributed by atoms with E-state index in [4.69, 9.17) is 9.47 Å². The zero-order valence-electron chi connectivity index (χ0n) is 12.3. The average Bonchev–Trinajstić information content (AvgIpc) is 3.21. The first-order chi connectivity index (χ1) is 9.63. The van der Waals surface area contributed by atoms with Crippen LogP contribution >= 0.6 is 0 Å². The average molecular weight is 279 g/mol. The molecule has 0 aliphatic heterocycles. The minimum Gasteiger partial charge on any atom is -0.491 e. The first kappa shape index (κ1) is 15.1. The summed E-state index contributed by atoms with van der Waals surface area (Å²) in [6.07, 6.45) is 2.26. The molecule has 1 fully saturated rings. The van der Waals surface area contributed by atoms with E-state index in [9.17, 15) is 5.11 Å². The summed E-state index contributed by atoms with van der Waals surface area (Å²) in [6.45, 7) is 5.69. The molecule has 0 aromatic heterocycles. The normalized spacial score (nSPS) is 16.2. The molecule has 1 unspecified atom stereocenters. The molecule has 0 radical (unpaired) electrons. The summed E-state index contributed by atoms with van der Waals surface area (Å²) in [6, 6.07) is 7.77. The van der Waals surface area contributed by atoms with Gasteiger partial charge >= 0.3 is 0 Å². The molecule has 1 aliphatic carbocycles. The van der Waals surface area contributed by atoms with Gasteiger partial charge in [0.05, 0.1) is 18.8 Å². The van der Waals surface area contributed by atoms with Gasteiger partial charge in [0.2, 0.25) is 0 Å². The van der Waals surface area contributed by atoms with Crippen molar-refractivity contribution in [3.8, 4) is 5.75 Å². The van der Waals surface area contributed by atoms with Crippen molar-refractivity contribution in [3.05, 3.63) is 24.3 Å². The molecule has 0 spiro atoms. The van der Waals surface area contributed by atoms with Crippen LogP contribution in [0.2, 0.25) is 0 Å². The molecule has 1 aromatic carbocycles. The summed E-state index contributed by atoms with van der Waals surface area (Å²) < 4.78 is 11.0. The maximum absolute atomic E-state index is 9.81. The second kappa shape index (κ2) is 7.50. The van der Waals surface area contributed by atoms with Crippen LogP contribution < -0.4 is 10.1 Å². The molecule has 0 amide bonds. The maximum Gasteiger partial charge on any atom is 0.119 e. The number of hydrogen-bond acceptors (Lipinski definition) is 4. The Labute approximate surface area is 121 Å². The summed E-state index contributed by atoms with van der Waals surface area (Å²) in [5.41, 5.74) is 0.974. The highest BCUT2D eigenvalue weighted by molar-refractivity contribution is 5.46. The predicted molar refractivity (Wildman–Crippen MR) is 80.2 cm³/mol. The molecule has 4 nitrogen and oxygen atoms in total. The van der Waals surface area contributed by atoms with Crippen molar-refractivity contribution in [2.45, 2.75) is 38.9 Å². The number of ether oxygens (including phenoxy) is 2. The standard InChI is InChI=1S/C16H25NO3/c1-12(2)20-16-7-5-14(6-8-16)17-9-15(18)11-19-10-13-3-4-13/h5-8,12-13,15,17-18H,3-4,9-11H2,1-2H3. The van der Waals surface area contributed by atoms with E-state index in [-0.39, 0.29) is 6.10 Å². The largest absolute Gasteiger partial charge is 0.491 e. The molecule has 2 N–H and O–H groups in total. The van der Waals surface area contributed by atoms with Gasteiger partial charge < -0.3 is 19.9 Å². The molecule has 1 saturated carbocycles. The van der Waals surface area contributed by atoms with E-state index >= 15 is 0 Å². The van der Waals surface area contributed by atoms with Gasteiger partial charge in [-0.2, -0.15) is 0 Å². The SMILES string of the molecule is CC(C)Oc1ccc(NCC(O)COCC2CC2)cc1. The van der Waals surface area contributed by atoms with E-state index in [1.165, 1.54) is 12.8 Å². The zero-order chi connectivity index (χ0) is 14.4. The Balaban J connectivity index is 1.64. The number of aliphatic hydroxyl groups is 1. The maximum atomic E-state index is 9.81. The monoisotopic (exact) mass is 279 g/mol. The predicted octanol–water partition coefficient (Wildman–Crippen LogP) is 2.67. The summed E-state index contributed by atoms with van der Waals surface area (Å²) in [4.78, 5) is 0. The number of aliphatic hydroxyl groups excluding tert-OH is 1. The van der Waals surface area contributed by atoms with Crippen molar-refractivity contribution in [1.29, 1.82) is 0 Å². The molecule has 0 heterocycles. The van der Waals surface area contributed by atoms with E-state index in [1.807, 2.05) is 38.1 Å². The Morgan fingerprint density at radius 3 is 2.55 bits per heavy atom. The minimum atomic E-state index is -0.472. The zero-order valence-corrected chi connectivity index (χ0v) is 12.3.